The predicted molar refractivity (Wildman–Crippen MR) is 73.9 cm³/mol. The standard InChI is InChI=1S/C13H16F3NO2S/c1-2-5-18-6-7-19-9-3-4-11(13(14,15)16)10(8-9)12(17)20/h3-4,8H,2,5-7H2,1H3,(H2,17,20). The van der Waals surface area contributed by atoms with Crippen molar-refractivity contribution in [1.82, 2.24) is 0 Å². The lowest BCUT2D eigenvalue weighted by molar-refractivity contribution is -0.137. The first-order valence-corrected chi connectivity index (χ1v) is 6.48. The number of ether oxygens (including phenoxy) is 2. The zero-order valence-corrected chi connectivity index (χ0v) is 11.8. The molecular formula is C13H16F3NO2S. The van der Waals surface area contributed by atoms with Gasteiger partial charge in [-0.3, -0.25) is 0 Å². The lowest BCUT2D eigenvalue weighted by Gasteiger charge is -2.14. The molecule has 0 heterocycles. The van der Waals surface area contributed by atoms with Crippen molar-refractivity contribution in [1.29, 1.82) is 0 Å². The van der Waals surface area contributed by atoms with Gasteiger partial charge in [0.15, 0.2) is 0 Å². The Morgan fingerprint density at radius 1 is 1.25 bits per heavy atom. The van der Waals surface area contributed by atoms with Gasteiger partial charge in [0, 0.05) is 12.2 Å². The summed E-state index contributed by atoms with van der Waals surface area (Å²) >= 11 is 4.65. The first-order valence-electron chi connectivity index (χ1n) is 6.08. The first kappa shape index (κ1) is 16.7. The van der Waals surface area contributed by atoms with Crippen molar-refractivity contribution >= 4 is 17.2 Å². The van der Waals surface area contributed by atoms with Crippen LogP contribution in [0.3, 0.4) is 0 Å². The number of hydrogen-bond acceptors (Lipinski definition) is 3. The SMILES string of the molecule is CCCOCCOc1ccc(C(F)(F)F)c(C(N)=S)c1. The minimum Gasteiger partial charge on any atom is -0.491 e. The summed E-state index contributed by atoms with van der Waals surface area (Å²) in [5, 5.41) is 0. The molecule has 0 aliphatic rings. The lowest BCUT2D eigenvalue weighted by Crippen LogP contribution is -2.18. The summed E-state index contributed by atoms with van der Waals surface area (Å²) < 4.78 is 48.8. The second-order valence-corrected chi connectivity index (χ2v) is 4.47. The summed E-state index contributed by atoms with van der Waals surface area (Å²) in [5.74, 6) is 0.279. The highest BCUT2D eigenvalue weighted by molar-refractivity contribution is 7.80. The average Bonchev–Trinajstić information content (AvgIpc) is 2.37. The van der Waals surface area contributed by atoms with Crippen LogP contribution in [-0.2, 0) is 10.9 Å². The largest absolute Gasteiger partial charge is 0.491 e. The summed E-state index contributed by atoms with van der Waals surface area (Å²) in [5.41, 5.74) is 4.23. The van der Waals surface area contributed by atoms with E-state index in [0.717, 1.165) is 12.5 Å². The normalized spacial score (nSPS) is 11.4. The van der Waals surface area contributed by atoms with Crippen LogP contribution in [-0.4, -0.2) is 24.8 Å². The third-order valence-electron chi connectivity index (χ3n) is 2.41. The fraction of sp³-hybridized carbons (Fsp3) is 0.462. The van der Waals surface area contributed by atoms with Gasteiger partial charge in [-0.15, -0.1) is 0 Å². The fourth-order valence-corrected chi connectivity index (χ4v) is 1.70. The Labute approximate surface area is 120 Å². The fourth-order valence-electron chi connectivity index (χ4n) is 1.53. The summed E-state index contributed by atoms with van der Waals surface area (Å²) in [7, 11) is 0. The number of alkyl halides is 3. The maximum absolute atomic E-state index is 12.8. The van der Waals surface area contributed by atoms with Gasteiger partial charge in [-0.2, -0.15) is 13.2 Å². The number of nitrogens with two attached hydrogens (primary N) is 1. The van der Waals surface area contributed by atoms with Gasteiger partial charge < -0.3 is 15.2 Å². The number of thiocarbonyl (C=S) groups is 1. The summed E-state index contributed by atoms with van der Waals surface area (Å²) in [4.78, 5) is -0.315. The second kappa shape index (κ2) is 7.44. The van der Waals surface area contributed by atoms with Gasteiger partial charge >= 0.3 is 6.18 Å². The summed E-state index contributed by atoms with van der Waals surface area (Å²) in [6.45, 7) is 3.22. The molecule has 0 amide bonds. The van der Waals surface area contributed by atoms with Crippen LogP contribution in [0.25, 0.3) is 0 Å². The van der Waals surface area contributed by atoms with Gasteiger partial charge in [-0.05, 0) is 24.6 Å². The van der Waals surface area contributed by atoms with Gasteiger partial charge in [0.05, 0.1) is 12.2 Å². The monoisotopic (exact) mass is 307 g/mol. The quantitative estimate of drug-likeness (QED) is 0.621. The molecule has 0 aromatic heterocycles. The molecule has 7 heteroatoms. The summed E-state index contributed by atoms with van der Waals surface area (Å²) in [6.07, 6.45) is -3.60. The molecule has 1 aromatic carbocycles. The summed E-state index contributed by atoms with van der Waals surface area (Å²) in [6, 6.07) is 3.35. The maximum Gasteiger partial charge on any atom is 0.417 e. The number of rotatable bonds is 7. The molecule has 0 unspecified atom stereocenters. The molecule has 0 saturated carbocycles. The van der Waals surface area contributed by atoms with Crippen molar-refractivity contribution < 1.29 is 22.6 Å². The van der Waals surface area contributed by atoms with Crippen molar-refractivity contribution in [3.8, 4) is 5.75 Å². The van der Waals surface area contributed by atoms with Crippen molar-refractivity contribution in [3.05, 3.63) is 29.3 Å². The Morgan fingerprint density at radius 3 is 2.50 bits per heavy atom. The molecule has 20 heavy (non-hydrogen) atoms. The number of benzene rings is 1. The topological polar surface area (TPSA) is 44.5 Å². The van der Waals surface area contributed by atoms with E-state index in [9.17, 15) is 13.2 Å². The molecule has 1 rings (SSSR count). The molecule has 1 aromatic rings. The van der Waals surface area contributed by atoms with Crippen LogP contribution in [0.2, 0.25) is 0 Å². The van der Waals surface area contributed by atoms with Crippen LogP contribution in [0.4, 0.5) is 13.2 Å². The Bertz CT molecular complexity index is 463. The van der Waals surface area contributed by atoms with E-state index < -0.39 is 11.7 Å². The van der Waals surface area contributed by atoms with Crippen molar-refractivity contribution in [2.45, 2.75) is 19.5 Å². The highest BCUT2D eigenvalue weighted by atomic mass is 32.1. The Balaban J connectivity index is 2.76. The third kappa shape index (κ3) is 4.97. The minimum atomic E-state index is -4.50. The van der Waals surface area contributed by atoms with Gasteiger partial charge in [-0.25, -0.2) is 0 Å². The van der Waals surface area contributed by atoms with Crippen molar-refractivity contribution in [3.63, 3.8) is 0 Å². The smallest absolute Gasteiger partial charge is 0.417 e. The van der Waals surface area contributed by atoms with Crippen LogP contribution in [0.15, 0.2) is 18.2 Å². The van der Waals surface area contributed by atoms with Crippen molar-refractivity contribution in [2.75, 3.05) is 19.8 Å². The van der Waals surface area contributed by atoms with Gasteiger partial charge in [0.25, 0.3) is 0 Å². The first-order chi connectivity index (χ1) is 9.36. The van der Waals surface area contributed by atoms with Gasteiger partial charge in [0.2, 0.25) is 0 Å². The van der Waals surface area contributed by atoms with E-state index in [-0.39, 0.29) is 22.9 Å². The van der Waals surface area contributed by atoms with E-state index in [1.807, 2.05) is 6.92 Å². The predicted octanol–water partition coefficient (Wildman–Crippen LogP) is 3.15. The average molecular weight is 307 g/mol. The number of hydrogen-bond donors (Lipinski definition) is 1. The van der Waals surface area contributed by atoms with Crippen LogP contribution in [0.5, 0.6) is 5.75 Å². The molecule has 0 bridgehead atoms. The Morgan fingerprint density at radius 2 is 1.95 bits per heavy atom. The highest BCUT2D eigenvalue weighted by Crippen LogP contribution is 2.33. The molecule has 2 N–H and O–H groups in total. The molecule has 0 radical (unpaired) electrons. The second-order valence-electron chi connectivity index (χ2n) is 4.03. The molecule has 0 saturated heterocycles. The van der Waals surface area contributed by atoms with Crippen LogP contribution < -0.4 is 10.5 Å². The lowest BCUT2D eigenvalue weighted by atomic mass is 10.1. The molecule has 3 nitrogen and oxygen atoms in total. The molecule has 112 valence electrons. The third-order valence-corrected chi connectivity index (χ3v) is 2.63. The highest BCUT2D eigenvalue weighted by Gasteiger charge is 2.34. The van der Waals surface area contributed by atoms with E-state index in [2.05, 4.69) is 12.2 Å². The molecule has 0 aliphatic carbocycles. The maximum atomic E-state index is 12.8. The van der Waals surface area contributed by atoms with Gasteiger partial charge in [0.1, 0.15) is 17.3 Å². The van der Waals surface area contributed by atoms with Crippen LogP contribution in [0.1, 0.15) is 24.5 Å². The number of halogens is 3. The van der Waals surface area contributed by atoms with Crippen molar-refractivity contribution in [2.24, 2.45) is 5.73 Å². The van der Waals surface area contributed by atoms with E-state index in [4.69, 9.17) is 15.2 Å². The van der Waals surface area contributed by atoms with Crippen LogP contribution >= 0.6 is 12.2 Å². The van der Waals surface area contributed by atoms with Gasteiger partial charge in [-0.1, -0.05) is 19.1 Å². The molecule has 0 aliphatic heterocycles. The van der Waals surface area contributed by atoms with E-state index >= 15 is 0 Å². The molecule has 0 atom stereocenters. The molecular weight excluding hydrogens is 291 g/mol. The van der Waals surface area contributed by atoms with E-state index in [1.54, 1.807) is 0 Å². The van der Waals surface area contributed by atoms with E-state index in [0.29, 0.717) is 13.2 Å². The Hall–Kier alpha value is -1.34. The zero-order valence-electron chi connectivity index (χ0n) is 11.0. The molecule has 0 spiro atoms. The zero-order chi connectivity index (χ0) is 15.2. The minimum absolute atomic E-state index is 0.237. The molecule has 0 fully saturated rings. The Kier molecular flexibility index (Phi) is 6.22. The van der Waals surface area contributed by atoms with Crippen LogP contribution in [0, 0.1) is 0 Å². The van der Waals surface area contributed by atoms with E-state index in [1.165, 1.54) is 12.1 Å².